The van der Waals surface area contributed by atoms with Crippen LogP contribution in [0.3, 0.4) is 0 Å². The maximum atomic E-state index is 11.2. The summed E-state index contributed by atoms with van der Waals surface area (Å²) in [6, 6.07) is 9.51. The number of rotatable bonds is 3. The van der Waals surface area contributed by atoms with Crippen LogP contribution in [0.2, 0.25) is 0 Å². The third kappa shape index (κ3) is 4.22. The molecule has 0 bridgehead atoms. The third-order valence-electron chi connectivity index (χ3n) is 2.41. The van der Waals surface area contributed by atoms with Crippen LogP contribution in [0.25, 0.3) is 0 Å². The molecule has 0 amide bonds. The molecule has 7 heteroatoms. The van der Waals surface area contributed by atoms with Gasteiger partial charge in [-0.1, -0.05) is 0 Å². The third-order valence-corrected chi connectivity index (χ3v) is 2.41. The van der Waals surface area contributed by atoms with Crippen LogP contribution in [0.15, 0.2) is 68.4 Å². The van der Waals surface area contributed by atoms with Crippen molar-refractivity contribution in [1.29, 1.82) is 0 Å². The summed E-state index contributed by atoms with van der Waals surface area (Å²) in [5.41, 5.74) is 5.20. The highest BCUT2D eigenvalue weighted by atomic mass is 16.6. The molecule has 114 valence electrons. The smallest absolute Gasteiger partial charge is 0.382 e. The quantitative estimate of drug-likeness (QED) is 0.585. The lowest BCUT2D eigenvalue weighted by atomic mass is 10.4. The molecule has 7 nitrogen and oxygen atoms in total. The first-order valence-corrected chi connectivity index (χ1v) is 6.26. The van der Waals surface area contributed by atoms with Crippen molar-refractivity contribution < 1.29 is 27.6 Å². The molecule has 3 aromatic rings. The summed E-state index contributed by atoms with van der Waals surface area (Å²) in [6.07, 6.45) is 4.24. The molecule has 0 unspecified atom stereocenters. The average Bonchev–Trinajstić information content (AvgIpc) is 3.30. The van der Waals surface area contributed by atoms with E-state index in [0.29, 0.717) is 6.54 Å². The molecule has 0 saturated heterocycles. The molecular formula is C15H13NO6. The minimum atomic E-state index is -0.846. The lowest BCUT2D eigenvalue weighted by Gasteiger charge is -1.96. The first-order chi connectivity index (χ1) is 10.7. The second-order valence-corrected chi connectivity index (χ2v) is 3.92. The lowest BCUT2D eigenvalue weighted by molar-refractivity contribution is 0.0354. The predicted molar refractivity (Wildman–Crippen MR) is 73.8 cm³/mol. The Morgan fingerprint density at radius 2 is 1.36 bits per heavy atom. The molecule has 0 aliphatic heterocycles. The number of hydrogen-bond acceptors (Lipinski definition) is 7. The minimum absolute atomic E-state index is 0.0325. The maximum Gasteiger partial charge on any atom is 0.382 e. The minimum Gasteiger partial charge on any atom is -0.468 e. The molecule has 0 spiro atoms. The second kappa shape index (κ2) is 7.65. The van der Waals surface area contributed by atoms with Crippen molar-refractivity contribution >= 4 is 11.9 Å². The van der Waals surface area contributed by atoms with Crippen molar-refractivity contribution in [3.05, 3.63) is 72.5 Å². The molecule has 0 saturated carbocycles. The fraction of sp³-hybridized carbons (Fsp3) is 0.0667. The zero-order valence-corrected chi connectivity index (χ0v) is 11.4. The number of furan rings is 3. The second-order valence-electron chi connectivity index (χ2n) is 3.92. The topological polar surface area (TPSA) is 109 Å². The fourth-order valence-corrected chi connectivity index (χ4v) is 1.40. The molecule has 0 aromatic carbocycles. The zero-order valence-electron chi connectivity index (χ0n) is 11.4. The van der Waals surface area contributed by atoms with Crippen molar-refractivity contribution in [3.8, 4) is 0 Å². The van der Waals surface area contributed by atoms with E-state index in [4.69, 9.17) is 19.0 Å². The van der Waals surface area contributed by atoms with Gasteiger partial charge in [0.25, 0.3) is 0 Å². The molecule has 3 rings (SSSR count). The van der Waals surface area contributed by atoms with Gasteiger partial charge in [0, 0.05) is 0 Å². The van der Waals surface area contributed by atoms with Crippen LogP contribution >= 0.6 is 0 Å². The van der Waals surface area contributed by atoms with Crippen molar-refractivity contribution in [2.45, 2.75) is 6.54 Å². The summed E-state index contributed by atoms with van der Waals surface area (Å²) in [7, 11) is 0. The van der Waals surface area contributed by atoms with E-state index in [1.54, 1.807) is 6.26 Å². The number of esters is 2. The summed E-state index contributed by atoms with van der Waals surface area (Å²) < 4.78 is 18.8. The van der Waals surface area contributed by atoms with Crippen LogP contribution < -0.4 is 5.73 Å². The van der Waals surface area contributed by atoms with Crippen molar-refractivity contribution in [1.82, 2.24) is 0 Å². The average molecular weight is 303 g/mol. The van der Waals surface area contributed by atoms with Gasteiger partial charge < -0.3 is 23.7 Å². The number of hydrogen-bond donors (Lipinski definition) is 1. The van der Waals surface area contributed by atoms with E-state index in [1.807, 2.05) is 12.1 Å². The summed E-state index contributed by atoms with van der Waals surface area (Å²) >= 11 is 0. The van der Waals surface area contributed by atoms with E-state index in [1.165, 1.54) is 36.8 Å². The summed E-state index contributed by atoms with van der Waals surface area (Å²) in [6.45, 7) is 0.493. The maximum absolute atomic E-state index is 11.2. The summed E-state index contributed by atoms with van der Waals surface area (Å²) in [5, 5.41) is 0. The van der Waals surface area contributed by atoms with Crippen LogP contribution in [-0.4, -0.2) is 11.9 Å². The van der Waals surface area contributed by atoms with Gasteiger partial charge in [0.2, 0.25) is 11.5 Å². The molecule has 3 aromatic heterocycles. The Bertz CT molecular complexity index is 638. The van der Waals surface area contributed by atoms with Crippen LogP contribution in [0.5, 0.6) is 0 Å². The lowest BCUT2D eigenvalue weighted by Crippen LogP contribution is -2.11. The van der Waals surface area contributed by atoms with Gasteiger partial charge in [-0.15, -0.1) is 0 Å². The molecule has 0 aliphatic rings. The number of ether oxygens (including phenoxy) is 1. The molecule has 0 aliphatic carbocycles. The van der Waals surface area contributed by atoms with E-state index in [-0.39, 0.29) is 11.5 Å². The Labute approximate surface area is 125 Å². The Balaban J connectivity index is 0.000000211. The highest BCUT2D eigenvalue weighted by molar-refractivity contribution is 5.99. The standard InChI is InChI=1S/C10H6O5.C5H7NO/c11-9(7-3-1-5-13-7)15-10(12)8-4-2-6-14-8;6-4-5-2-1-3-7-5/h1-6H;1-3H,4,6H2. The Morgan fingerprint density at radius 1 is 0.864 bits per heavy atom. The molecule has 22 heavy (non-hydrogen) atoms. The molecule has 0 atom stereocenters. The first kappa shape index (κ1) is 15.3. The van der Waals surface area contributed by atoms with Gasteiger partial charge in [-0.25, -0.2) is 9.59 Å². The van der Waals surface area contributed by atoms with Crippen LogP contribution in [0.4, 0.5) is 0 Å². The van der Waals surface area contributed by atoms with Gasteiger partial charge in [-0.3, -0.25) is 0 Å². The van der Waals surface area contributed by atoms with Crippen molar-refractivity contribution in [2.75, 3.05) is 0 Å². The number of carbonyl (C=O) groups excluding carboxylic acids is 2. The SMILES string of the molecule is NCc1ccco1.O=C(OC(=O)c1ccco1)c1ccco1. The van der Waals surface area contributed by atoms with E-state index >= 15 is 0 Å². The Hall–Kier alpha value is -3.06. The normalized spacial score (nSPS) is 9.68. The first-order valence-electron chi connectivity index (χ1n) is 6.26. The van der Waals surface area contributed by atoms with E-state index < -0.39 is 11.9 Å². The molecule has 0 fully saturated rings. The van der Waals surface area contributed by atoms with Gasteiger partial charge in [0.1, 0.15) is 5.76 Å². The molecule has 0 radical (unpaired) electrons. The molecular weight excluding hydrogens is 290 g/mol. The van der Waals surface area contributed by atoms with Crippen molar-refractivity contribution in [3.63, 3.8) is 0 Å². The van der Waals surface area contributed by atoms with Crippen LogP contribution in [-0.2, 0) is 11.3 Å². The fourth-order valence-electron chi connectivity index (χ4n) is 1.40. The van der Waals surface area contributed by atoms with Crippen molar-refractivity contribution in [2.24, 2.45) is 5.73 Å². The van der Waals surface area contributed by atoms with Crippen LogP contribution in [0.1, 0.15) is 26.9 Å². The largest absolute Gasteiger partial charge is 0.468 e. The van der Waals surface area contributed by atoms with E-state index in [9.17, 15) is 9.59 Å². The predicted octanol–water partition coefficient (Wildman–Crippen LogP) is 2.61. The Kier molecular flexibility index (Phi) is 5.33. The molecule has 3 heterocycles. The van der Waals surface area contributed by atoms with Crippen LogP contribution in [0, 0.1) is 0 Å². The van der Waals surface area contributed by atoms with Gasteiger partial charge in [-0.05, 0) is 36.4 Å². The summed E-state index contributed by atoms with van der Waals surface area (Å²) in [5.74, 6) is -0.924. The van der Waals surface area contributed by atoms with Gasteiger partial charge in [0.05, 0.1) is 25.3 Å². The monoisotopic (exact) mass is 303 g/mol. The van der Waals surface area contributed by atoms with Gasteiger partial charge in [0.15, 0.2) is 0 Å². The van der Waals surface area contributed by atoms with E-state index in [2.05, 4.69) is 4.74 Å². The number of carbonyl (C=O) groups is 2. The Morgan fingerprint density at radius 3 is 1.68 bits per heavy atom. The highest BCUT2D eigenvalue weighted by Crippen LogP contribution is 2.07. The zero-order chi connectivity index (χ0) is 15.8. The van der Waals surface area contributed by atoms with Gasteiger partial charge >= 0.3 is 11.9 Å². The number of nitrogens with two attached hydrogens (primary N) is 1. The van der Waals surface area contributed by atoms with E-state index in [0.717, 1.165) is 5.76 Å². The highest BCUT2D eigenvalue weighted by Gasteiger charge is 2.18. The summed E-state index contributed by atoms with van der Waals surface area (Å²) in [4.78, 5) is 22.5. The molecule has 2 N–H and O–H groups in total. The van der Waals surface area contributed by atoms with Gasteiger partial charge in [-0.2, -0.15) is 0 Å².